The fourth-order valence-electron chi connectivity index (χ4n) is 2.09. The van der Waals surface area contributed by atoms with Crippen LogP contribution in [0.4, 0.5) is 0 Å². The first-order chi connectivity index (χ1) is 11.2. The quantitative estimate of drug-likeness (QED) is 0.753. The lowest BCUT2D eigenvalue weighted by Crippen LogP contribution is -2.24. The Bertz CT molecular complexity index is 764. The van der Waals surface area contributed by atoms with E-state index in [0.717, 1.165) is 28.5 Å². The molecule has 0 aromatic carbocycles. The average Bonchev–Trinajstić information content (AvgIpc) is 3.25. The van der Waals surface area contributed by atoms with Gasteiger partial charge in [-0.1, -0.05) is 13.0 Å². The SMILES string of the molecule is CCc1nc(CC(=O)NCc2ccc(-n3ccnc3)nc2)cs1. The van der Waals surface area contributed by atoms with Gasteiger partial charge in [0.1, 0.15) is 12.1 Å². The van der Waals surface area contributed by atoms with Crippen LogP contribution in [0.25, 0.3) is 5.82 Å². The molecule has 1 amide bonds. The summed E-state index contributed by atoms with van der Waals surface area (Å²) in [6, 6.07) is 3.85. The van der Waals surface area contributed by atoms with Gasteiger partial charge in [-0.3, -0.25) is 9.36 Å². The van der Waals surface area contributed by atoms with E-state index in [-0.39, 0.29) is 5.91 Å². The van der Waals surface area contributed by atoms with Crippen LogP contribution in [0, 0.1) is 0 Å². The van der Waals surface area contributed by atoms with Crippen molar-refractivity contribution in [2.45, 2.75) is 26.3 Å². The third-order valence-corrected chi connectivity index (χ3v) is 4.35. The molecule has 0 bridgehead atoms. The Morgan fingerprint density at radius 3 is 2.96 bits per heavy atom. The van der Waals surface area contributed by atoms with Crippen LogP contribution < -0.4 is 5.32 Å². The van der Waals surface area contributed by atoms with Crippen molar-refractivity contribution >= 4 is 17.2 Å². The number of hydrogen-bond donors (Lipinski definition) is 1. The summed E-state index contributed by atoms with van der Waals surface area (Å²) in [4.78, 5) is 24.7. The summed E-state index contributed by atoms with van der Waals surface area (Å²) in [7, 11) is 0. The Balaban J connectivity index is 1.52. The van der Waals surface area contributed by atoms with Gasteiger partial charge in [-0.25, -0.2) is 15.0 Å². The number of carbonyl (C=O) groups excluding carboxylic acids is 1. The minimum absolute atomic E-state index is 0.0309. The Morgan fingerprint density at radius 1 is 1.39 bits per heavy atom. The highest BCUT2D eigenvalue weighted by Gasteiger charge is 2.07. The highest BCUT2D eigenvalue weighted by molar-refractivity contribution is 7.09. The zero-order chi connectivity index (χ0) is 16.1. The van der Waals surface area contributed by atoms with Crippen molar-refractivity contribution in [1.29, 1.82) is 0 Å². The monoisotopic (exact) mass is 327 g/mol. The van der Waals surface area contributed by atoms with E-state index in [2.05, 4.69) is 27.2 Å². The first kappa shape index (κ1) is 15.4. The minimum Gasteiger partial charge on any atom is -0.352 e. The van der Waals surface area contributed by atoms with Gasteiger partial charge in [0.2, 0.25) is 5.91 Å². The normalized spacial score (nSPS) is 10.7. The van der Waals surface area contributed by atoms with E-state index in [1.807, 2.05) is 28.3 Å². The molecule has 0 aliphatic rings. The smallest absolute Gasteiger partial charge is 0.226 e. The lowest BCUT2D eigenvalue weighted by Gasteiger charge is -2.06. The number of pyridine rings is 1. The molecule has 7 heteroatoms. The standard InChI is InChI=1S/C16H17N5OS/c1-2-16-20-13(10-23-16)7-15(22)19-9-12-3-4-14(18-8-12)21-6-5-17-11-21/h3-6,8,10-11H,2,7,9H2,1H3,(H,19,22). The van der Waals surface area contributed by atoms with Crippen LogP contribution in [0.15, 0.2) is 42.4 Å². The zero-order valence-corrected chi connectivity index (χ0v) is 13.6. The van der Waals surface area contributed by atoms with Crippen molar-refractivity contribution in [2.75, 3.05) is 0 Å². The van der Waals surface area contributed by atoms with Crippen molar-refractivity contribution in [1.82, 2.24) is 24.8 Å². The van der Waals surface area contributed by atoms with Crippen LogP contribution in [0.3, 0.4) is 0 Å². The predicted octanol–water partition coefficient (Wildman–Crippen LogP) is 2.15. The fraction of sp³-hybridized carbons (Fsp3) is 0.250. The summed E-state index contributed by atoms with van der Waals surface area (Å²) in [6.07, 6.45) is 8.22. The van der Waals surface area contributed by atoms with Gasteiger partial charge in [-0.15, -0.1) is 11.3 Å². The third-order valence-electron chi connectivity index (χ3n) is 3.31. The van der Waals surface area contributed by atoms with Crippen molar-refractivity contribution < 1.29 is 4.79 Å². The molecule has 3 rings (SSSR count). The molecule has 3 aromatic rings. The van der Waals surface area contributed by atoms with Crippen LogP contribution in [-0.2, 0) is 24.2 Å². The first-order valence-corrected chi connectivity index (χ1v) is 8.26. The molecule has 0 atom stereocenters. The Labute approximate surface area is 138 Å². The summed E-state index contributed by atoms with van der Waals surface area (Å²) in [5, 5.41) is 5.90. The van der Waals surface area contributed by atoms with Crippen LogP contribution in [0.5, 0.6) is 0 Å². The van der Waals surface area contributed by atoms with E-state index < -0.39 is 0 Å². The molecule has 1 N–H and O–H groups in total. The molecule has 118 valence electrons. The number of amides is 1. The van der Waals surface area contributed by atoms with Crippen LogP contribution in [-0.4, -0.2) is 25.4 Å². The maximum atomic E-state index is 12.0. The molecule has 0 unspecified atom stereocenters. The van der Waals surface area contributed by atoms with Crippen molar-refractivity contribution in [3.8, 4) is 5.82 Å². The molecular weight excluding hydrogens is 310 g/mol. The first-order valence-electron chi connectivity index (χ1n) is 7.38. The van der Waals surface area contributed by atoms with Crippen LogP contribution >= 0.6 is 11.3 Å². The number of carbonyl (C=O) groups is 1. The van der Waals surface area contributed by atoms with Gasteiger partial charge in [0, 0.05) is 30.5 Å². The largest absolute Gasteiger partial charge is 0.352 e. The van der Waals surface area contributed by atoms with Crippen molar-refractivity contribution in [3.05, 3.63) is 58.7 Å². The molecule has 3 aromatic heterocycles. The molecule has 0 radical (unpaired) electrons. The highest BCUT2D eigenvalue weighted by Crippen LogP contribution is 2.10. The lowest BCUT2D eigenvalue weighted by atomic mass is 10.2. The van der Waals surface area contributed by atoms with E-state index >= 15 is 0 Å². The van der Waals surface area contributed by atoms with Gasteiger partial charge in [-0.05, 0) is 18.1 Å². The Morgan fingerprint density at radius 2 is 2.30 bits per heavy atom. The van der Waals surface area contributed by atoms with Crippen LogP contribution in [0.2, 0.25) is 0 Å². The number of aryl methyl sites for hydroxylation is 1. The average molecular weight is 327 g/mol. The molecule has 3 heterocycles. The van der Waals surface area contributed by atoms with E-state index in [0.29, 0.717) is 13.0 Å². The fourth-order valence-corrected chi connectivity index (χ4v) is 2.83. The molecule has 0 fully saturated rings. The third kappa shape index (κ3) is 4.01. The summed E-state index contributed by atoms with van der Waals surface area (Å²) < 4.78 is 1.83. The van der Waals surface area contributed by atoms with Crippen LogP contribution in [0.1, 0.15) is 23.2 Å². The summed E-state index contributed by atoms with van der Waals surface area (Å²) in [5.74, 6) is 0.767. The second-order valence-corrected chi connectivity index (χ2v) is 5.98. The number of hydrogen-bond acceptors (Lipinski definition) is 5. The van der Waals surface area contributed by atoms with Gasteiger partial charge in [0.15, 0.2) is 0 Å². The molecular formula is C16H17N5OS. The summed E-state index contributed by atoms with van der Waals surface area (Å²) in [5.41, 5.74) is 1.78. The Hall–Kier alpha value is -2.54. The minimum atomic E-state index is -0.0309. The number of rotatable bonds is 6. The molecule has 0 saturated heterocycles. The van der Waals surface area contributed by atoms with Gasteiger partial charge >= 0.3 is 0 Å². The maximum Gasteiger partial charge on any atom is 0.226 e. The number of nitrogens with one attached hydrogen (secondary N) is 1. The maximum absolute atomic E-state index is 12.0. The Kier molecular flexibility index (Phi) is 4.77. The second-order valence-electron chi connectivity index (χ2n) is 5.03. The van der Waals surface area contributed by atoms with E-state index in [4.69, 9.17) is 0 Å². The predicted molar refractivity (Wildman–Crippen MR) is 88.4 cm³/mol. The molecule has 6 nitrogen and oxygen atoms in total. The van der Waals surface area contributed by atoms with Crippen molar-refractivity contribution in [2.24, 2.45) is 0 Å². The highest BCUT2D eigenvalue weighted by atomic mass is 32.1. The molecule has 0 aliphatic carbocycles. The molecule has 23 heavy (non-hydrogen) atoms. The second kappa shape index (κ2) is 7.15. The summed E-state index contributed by atoms with van der Waals surface area (Å²) >= 11 is 1.60. The number of thiazole rings is 1. The number of imidazole rings is 1. The van der Waals surface area contributed by atoms with Gasteiger partial charge in [0.25, 0.3) is 0 Å². The lowest BCUT2D eigenvalue weighted by molar-refractivity contribution is -0.120. The topological polar surface area (TPSA) is 72.7 Å². The van der Waals surface area contributed by atoms with E-state index in [1.165, 1.54) is 0 Å². The van der Waals surface area contributed by atoms with Gasteiger partial charge in [-0.2, -0.15) is 0 Å². The number of nitrogens with zero attached hydrogens (tertiary/aromatic N) is 4. The summed E-state index contributed by atoms with van der Waals surface area (Å²) in [6.45, 7) is 2.52. The number of aromatic nitrogens is 4. The molecule has 0 spiro atoms. The molecule has 0 saturated carbocycles. The van der Waals surface area contributed by atoms with Gasteiger partial charge < -0.3 is 5.32 Å². The zero-order valence-electron chi connectivity index (χ0n) is 12.8. The van der Waals surface area contributed by atoms with Gasteiger partial charge in [0.05, 0.1) is 17.1 Å². The molecule has 0 aliphatic heterocycles. The van der Waals surface area contributed by atoms with E-state index in [1.54, 1.807) is 30.1 Å². The van der Waals surface area contributed by atoms with Crippen molar-refractivity contribution in [3.63, 3.8) is 0 Å². The van der Waals surface area contributed by atoms with E-state index in [9.17, 15) is 4.79 Å².